The van der Waals surface area contributed by atoms with Gasteiger partial charge >= 0.3 is 0 Å². The number of ether oxygens (including phenoxy) is 3. The third-order valence-electron chi connectivity index (χ3n) is 4.21. The molecule has 2 aliphatic rings. The Bertz CT molecular complexity index is 461. The van der Waals surface area contributed by atoms with Gasteiger partial charge in [-0.3, -0.25) is 11.3 Å². The van der Waals surface area contributed by atoms with Crippen molar-refractivity contribution in [2.45, 2.75) is 44.2 Å². The van der Waals surface area contributed by atoms with Gasteiger partial charge in [0.15, 0.2) is 11.5 Å². The Morgan fingerprint density at radius 1 is 1.19 bits per heavy atom. The highest BCUT2D eigenvalue weighted by Gasteiger charge is 2.18. The molecular weight excluding hydrogens is 268 g/mol. The lowest BCUT2D eigenvalue weighted by Gasteiger charge is -2.22. The van der Waals surface area contributed by atoms with Crippen molar-refractivity contribution in [3.8, 4) is 11.5 Å². The zero-order valence-electron chi connectivity index (χ0n) is 12.3. The monoisotopic (exact) mass is 292 g/mol. The van der Waals surface area contributed by atoms with E-state index in [1.165, 1.54) is 12.8 Å². The van der Waals surface area contributed by atoms with Crippen LogP contribution in [0.1, 0.15) is 43.7 Å². The van der Waals surface area contributed by atoms with E-state index in [2.05, 4.69) is 11.5 Å². The van der Waals surface area contributed by atoms with Gasteiger partial charge in [0.2, 0.25) is 0 Å². The van der Waals surface area contributed by atoms with Crippen molar-refractivity contribution < 1.29 is 14.2 Å². The molecule has 0 aromatic heterocycles. The molecule has 1 fully saturated rings. The smallest absolute Gasteiger partial charge is 0.161 e. The van der Waals surface area contributed by atoms with Gasteiger partial charge in [0.25, 0.3) is 0 Å². The Morgan fingerprint density at radius 3 is 2.81 bits per heavy atom. The number of fused-ring (bicyclic) bond motifs is 1. The second-order valence-electron chi connectivity index (χ2n) is 5.69. The predicted octanol–water partition coefficient (Wildman–Crippen LogP) is 2.31. The molecule has 0 spiro atoms. The predicted molar refractivity (Wildman–Crippen MR) is 80.3 cm³/mol. The average Bonchev–Trinajstić information content (AvgIpc) is 3.04. The number of hydrazine groups is 1. The Morgan fingerprint density at radius 2 is 2.05 bits per heavy atom. The molecule has 1 saturated heterocycles. The summed E-state index contributed by atoms with van der Waals surface area (Å²) in [7, 11) is 0. The van der Waals surface area contributed by atoms with Crippen LogP contribution in [0.15, 0.2) is 18.2 Å². The normalized spacial score (nSPS) is 22.2. The van der Waals surface area contributed by atoms with Crippen molar-refractivity contribution in [1.82, 2.24) is 5.43 Å². The molecular formula is C16H24N2O3. The van der Waals surface area contributed by atoms with Crippen molar-refractivity contribution >= 4 is 0 Å². The van der Waals surface area contributed by atoms with Gasteiger partial charge in [-0.05, 0) is 49.8 Å². The molecule has 0 radical (unpaired) electrons. The van der Waals surface area contributed by atoms with Crippen LogP contribution in [0.2, 0.25) is 0 Å². The van der Waals surface area contributed by atoms with Crippen LogP contribution in [0, 0.1) is 0 Å². The highest BCUT2D eigenvalue weighted by atomic mass is 16.6. The molecule has 2 aliphatic heterocycles. The van der Waals surface area contributed by atoms with E-state index >= 15 is 0 Å². The van der Waals surface area contributed by atoms with Crippen LogP contribution < -0.4 is 20.7 Å². The minimum Gasteiger partial charge on any atom is -0.486 e. The quantitative estimate of drug-likeness (QED) is 0.622. The summed E-state index contributed by atoms with van der Waals surface area (Å²) in [6, 6.07) is 6.20. The van der Waals surface area contributed by atoms with Gasteiger partial charge in [-0.15, -0.1) is 0 Å². The van der Waals surface area contributed by atoms with Crippen LogP contribution in [0.4, 0.5) is 0 Å². The van der Waals surface area contributed by atoms with E-state index in [1.807, 2.05) is 12.1 Å². The fourth-order valence-electron chi connectivity index (χ4n) is 3.04. The maximum absolute atomic E-state index is 5.72. The van der Waals surface area contributed by atoms with Gasteiger partial charge in [0.1, 0.15) is 13.2 Å². The van der Waals surface area contributed by atoms with Gasteiger partial charge in [0, 0.05) is 12.6 Å². The van der Waals surface area contributed by atoms with Crippen LogP contribution >= 0.6 is 0 Å². The Hall–Kier alpha value is -1.30. The summed E-state index contributed by atoms with van der Waals surface area (Å²) in [6.07, 6.45) is 6.06. The highest BCUT2D eigenvalue weighted by molar-refractivity contribution is 5.44. The number of nitrogens with two attached hydrogens (primary N) is 1. The van der Waals surface area contributed by atoms with E-state index in [0.29, 0.717) is 19.3 Å². The zero-order chi connectivity index (χ0) is 14.5. The maximum Gasteiger partial charge on any atom is 0.161 e. The molecule has 116 valence electrons. The molecule has 2 heterocycles. The summed E-state index contributed by atoms with van der Waals surface area (Å²) in [5.41, 5.74) is 4.06. The molecule has 5 nitrogen and oxygen atoms in total. The standard InChI is InChI=1S/C16H24N2O3/c17-18-14(5-1-3-13-4-2-8-19-13)12-6-7-15-16(11-12)21-10-9-20-15/h6-7,11,13-14,18H,1-5,8-10,17H2. The van der Waals surface area contributed by atoms with E-state index in [-0.39, 0.29) is 6.04 Å². The van der Waals surface area contributed by atoms with E-state index in [4.69, 9.17) is 20.1 Å². The van der Waals surface area contributed by atoms with E-state index < -0.39 is 0 Å². The first-order valence-electron chi connectivity index (χ1n) is 7.84. The third-order valence-corrected chi connectivity index (χ3v) is 4.21. The van der Waals surface area contributed by atoms with Crippen LogP contribution in [-0.2, 0) is 4.74 Å². The Balaban J connectivity index is 1.57. The molecule has 3 N–H and O–H groups in total. The van der Waals surface area contributed by atoms with Gasteiger partial charge in [-0.25, -0.2) is 0 Å². The molecule has 21 heavy (non-hydrogen) atoms. The van der Waals surface area contributed by atoms with Crippen LogP contribution in [0.5, 0.6) is 11.5 Å². The minimum atomic E-state index is 0.141. The number of rotatable bonds is 6. The fraction of sp³-hybridized carbons (Fsp3) is 0.625. The van der Waals surface area contributed by atoms with E-state index in [1.54, 1.807) is 0 Å². The summed E-state index contributed by atoms with van der Waals surface area (Å²) in [5, 5.41) is 0. The van der Waals surface area contributed by atoms with Crippen LogP contribution in [-0.4, -0.2) is 25.9 Å². The number of benzene rings is 1. The fourth-order valence-corrected chi connectivity index (χ4v) is 3.04. The first-order chi connectivity index (χ1) is 10.4. The molecule has 3 rings (SSSR count). The average molecular weight is 292 g/mol. The summed E-state index contributed by atoms with van der Waals surface area (Å²) < 4.78 is 16.8. The second-order valence-corrected chi connectivity index (χ2v) is 5.69. The minimum absolute atomic E-state index is 0.141. The summed E-state index contributed by atoms with van der Waals surface area (Å²) >= 11 is 0. The topological polar surface area (TPSA) is 65.7 Å². The Labute approximate surface area is 125 Å². The number of nitrogens with one attached hydrogen (secondary N) is 1. The SMILES string of the molecule is NNC(CCCC1CCCO1)c1ccc2c(c1)OCCO2. The zero-order valence-corrected chi connectivity index (χ0v) is 12.3. The molecule has 0 saturated carbocycles. The number of hydrogen-bond acceptors (Lipinski definition) is 5. The first-order valence-corrected chi connectivity index (χ1v) is 7.84. The van der Waals surface area contributed by atoms with Gasteiger partial charge in [0.05, 0.1) is 6.10 Å². The lowest BCUT2D eigenvalue weighted by Crippen LogP contribution is -2.28. The summed E-state index contributed by atoms with van der Waals surface area (Å²) in [4.78, 5) is 0. The molecule has 0 amide bonds. The first kappa shape index (κ1) is 14.6. The number of hydrogen-bond donors (Lipinski definition) is 2. The highest BCUT2D eigenvalue weighted by Crippen LogP contribution is 2.33. The van der Waals surface area contributed by atoms with Gasteiger partial charge < -0.3 is 14.2 Å². The molecule has 2 unspecified atom stereocenters. The van der Waals surface area contributed by atoms with Crippen molar-refractivity contribution in [1.29, 1.82) is 0 Å². The van der Waals surface area contributed by atoms with Crippen molar-refractivity contribution in [2.75, 3.05) is 19.8 Å². The van der Waals surface area contributed by atoms with Crippen molar-refractivity contribution in [2.24, 2.45) is 5.84 Å². The van der Waals surface area contributed by atoms with Crippen LogP contribution in [0.3, 0.4) is 0 Å². The van der Waals surface area contributed by atoms with E-state index in [9.17, 15) is 0 Å². The maximum atomic E-state index is 5.72. The molecule has 1 aromatic rings. The van der Waals surface area contributed by atoms with Crippen molar-refractivity contribution in [3.63, 3.8) is 0 Å². The molecule has 2 atom stereocenters. The van der Waals surface area contributed by atoms with Gasteiger partial charge in [-0.1, -0.05) is 6.07 Å². The lowest BCUT2D eigenvalue weighted by atomic mass is 9.99. The van der Waals surface area contributed by atoms with Crippen molar-refractivity contribution in [3.05, 3.63) is 23.8 Å². The summed E-state index contributed by atoms with van der Waals surface area (Å²) in [5.74, 6) is 7.36. The molecule has 5 heteroatoms. The molecule has 0 aliphatic carbocycles. The van der Waals surface area contributed by atoms with Crippen LogP contribution in [0.25, 0.3) is 0 Å². The van der Waals surface area contributed by atoms with Gasteiger partial charge in [-0.2, -0.15) is 0 Å². The largest absolute Gasteiger partial charge is 0.486 e. The lowest BCUT2D eigenvalue weighted by molar-refractivity contribution is 0.101. The van der Waals surface area contributed by atoms with E-state index in [0.717, 1.165) is 42.9 Å². The Kier molecular flexibility index (Phi) is 4.95. The summed E-state index contributed by atoms with van der Waals surface area (Å²) in [6.45, 7) is 2.15. The molecule has 0 bridgehead atoms. The molecule has 1 aromatic carbocycles. The third kappa shape index (κ3) is 3.67. The second kappa shape index (κ2) is 7.11.